The molecule has 1 rings (SSSR count). The van der Waals surface area contributed by atoms with Crippen LogP contribution in [0, 0.1) is 5.41 Å². The fraction of sp³-hybridized carbons (Fsp3) is 0.714. The average Bonchev–Trinajstić information content (AvgIpc) is 2.53. The zero-order valence-electron chi connectivity index (χ0n) is 17.6. The van der Waals surface area contributed by atoms with E-state index >= 15 is 0 Å². The standard InChI is InChI=1S/C21H30B3F3/c1-7-9-10-11-18(3,4)14-12-16(21(25,26)27)17(22)13-15(14)20(23,24)19(5,6)8-2/h12-13H,7-11H2,1-6H3. The van der Waals surface area contributed by atoms with Crippen LogP contribution in [0.15, 0.2) is 12.1 Å². The Labute approximate surface area is 167 Å². The van der Waals surface area contributed by atoms with Gasteiger partial charge in [-0.05, 0) is 28.9 Å². The number of alkyl halides is 3. The molecule has 0 aliphatic carbocycles. The third kappa shape index (κ3) is 5.18. The quantitative estimate of drug-likeness (QED) is 0.430. The summed E-state index contributed by atoms with van der Waals surface area (Å²) in [5, 5.41) is -1.31. The highest BCUT2D eigenvalue weighted by molar-refractivity contribution is 6.41. The molecular weight excluding hydrogens is 342 g/mol. The molecule has 6 radical (unpaired) electrons. The van der Waals surface area contributed by atoms with Crippen LogP contribution in [0.4, 0.5) is 13.2 Å². The highest BCUT2D eigenvalue weighted by Crippen LogP contribution is 2.45. The molecule has 0 bridgehead atoms. The maximum absolute atomic E-state index is 13.5. The summed E-state index contributed by atoms with van der Waals surface area (Å²) in [6.07, 6.45) is -0.110. The molecule has 1 aromatic rings. The summed E-state index contributed by atoms with van der Waals surface area (Å²) in [6, 6.07) is 2.51. The molecular formula is C21H30B3F3. The molecule has 0 unspecified atom stereocenters. The average molecular weight is 372 g/mol. The zero-order valence-corrected chi connectivity index (χ0v) is 17.6. The minimum Gasteiger partial charge on any atom is -0.166 e. The molecule has 0 N–H and O–H groups in total. The van der Waals surface area contributed by atoms with E-state index in [9.17, 15) is 13.2 Å². The van der Waals surface area contributed by atoms with Crippen molar-refractivity contribution in [3.05, 3.63) is 28.8 Å². The molecule has 1 aromatic carbocycles. The lowest BCUT2D eigenvalue weighted by Gasteiger charge is -2.46. The molecule has 0 heterocycles. The van der Waals surface area contributed by atoms with Gasteiger partial charge in [-0.15, -0.1) is 0 Å². The van der Waals surface area contributed by atoms with Gasteiger partial charge in [-0.25, -0.2) is 0 Å². The summed E-state index contributed by atoms with van der Waals surface area (Å²) in [5.74, 6) is 0. The van der Waals surface area contributed by atoms with Gasteiger partial charge in [0.1, 0.15) is 7.85 Å². The molecule has 0 nitrogen and oxygen atoms in total. The van der Waals surface area contributed by atoms with Gasteiger partial charge in [-0.1, -0.05) is 89.5 Å². The monoisotopic (exact) mass is 372 g/mol. The molecule has 0 aliphatic rings. The number of rotatable bonds is 8. The van der Waals surface area contributed by atoms with E-state index in [1.165, 1.54) is 6.07 Å². The van der Waals surface area contributed by atoms with Gasteiger partial charge >= 0.3 is 6.18 Å². The van der Waals surface area contributed by atoms with Crippen molar-refractivity contribution < 1.29 is 13.2 Å². The highest BCUT2D eigenvalue weighted by Gasteiger charge is 2.41. The molecule has 0 spiro atoms. The van der Waals surface area contributed by atoms with Crippen LogP contribution >= 0.6 is 0 Å². The van der Waals surface area contributed by atoms with E-state index < -0.39 is 27.8 Å². The van der Waals surface area contributed by atoms with Crippen LogP contribution in [0.25, 0.3) is 0 Å². The van der Waals surface area contributed by atoms with Gasteiger partial charge in [0, 0.05) is 5.56 Å². The van der Waals surface area contributed by atoms with E-state index in [0.29, 0.717) is 17.5 Å². The predicted molar refractivity (Wildman–Crippen MR) is 111 cm³/mol. The van der Waals surface area contributed by atoms with E-state index in [4.69, 9.17) is 23.5 Å². The summed E-state index contributed by atoms with van der Waals surface area (Å²) < 4.78 is 40.5. The van der Waals surface area contributed by atoms with E-state index in [1.807, 2.05) is 34.6 Å². The lowest BCUT2D eigenvalue weighted by molar-refractivity contribution is -0.136. The van der Waals surface area contributed by atoms with E-state index in [-0.39, 0.29) is 5.46 Å². The van der Waals surface area contributed by atoms with Gasteiger partial charge in [-0.2, -0.15) is 13.2 Å². The second kappa shape index (κ2) is 8.29. The Morgan fingerprint density at radius 3 is 1.85 bits per heavy atom. The van der Waals surface area contributed by atoms with Crippen molar-refractivity contribution in [2.24, 2.45) is 5.41 Å². The molecule has 0 amide bonds. The molecule has 0 saturated carbocycles. The number of unbranched alkanes of at least 4 members (excludes halogenated alkanes) is 2. The van der Waals surface area contributed by atoms with Crippen LogP contribution in [0.2, 0.25) is 0 Å². The van der Waals surface area contributed by atoms with Gasteiger partial charge in [0.05, 0.1) is 15.7 Å². The third-order valence-electron chi connectivity index (χ3n) is 6.08. The van der Waals surface area contributed by atoms with Crippen LogP contribution in [0.1, 0.15) is 90.3 Å². The lowest BCUT2D eigenvalue weighted by Crippen LogP contribution is -2.45. The topological polar surface area (TPSA) is 0 Å². The van der Waals surface area contributed by atoms with Crippen LogP contribution in [0.5, 0.6) is 0 Å². The van der Waals surface area contributed by atoms with Crippen LogP contribution in [-0.4, -0.2) is 23.5 Å². The lowest BCUT2D eigenvalue weighted by atomic mass is 9.38. The molecule has 0 aromatic heterocycles. The van der Waals surface area contributed by atoms with Crippen LogP contribution in [0.3, 0.4) is 0 Å². The van der Waals surface area contributed by atoms with Crippen molar-refractivity contribution in [1.29, 1.82) is 0 Å². The first-order chi connectivity index (χ1) is 12.1. The van der Waals surface area contributed by atoms with Gasteiger partial charge in [0.2, 0.25) is 0 Å². The first-order valence-corrected chi connectivity index (χ1v) is 9.71. The van der Waals surface area contributed by atoms with Crippen molar-refractivity contribution in [1.82, 2.24) is 0 Å². The normalized spacial score (nSPS) is 13.8. The van der Waals surface area contributed by atoms with Crippen LogP contribution in [-0.2, 0) is 16.8 Å². The van der Waals surface area contributed by atoms with Gasteiger partial charge < -0.3 is 0 Å². The highest BCUT2D eigenvalue weighted by atomic mass is 19.4. The summed E-state index contributed by atoms with van der Waals surface area (Å²) in [5.41, 5.74) is -1.15. The Kier molecular flexibility index (Phi) is 7.44. The van der Waals surface area contributed by atoms with Crippen molar-refractivity contribution in [2.45, 2.75) is 90.5 Å². The van der Waals surface area contributed by atoms with Crippen LogP contribution < -0.4 is 5.46 Å². The minimum absolute atomic E-state index is 0.335. The first-order valence-electron chi connectivity index (χ1n) is 9.71. The Hall–Kier alpha value is -0.795. The summed E-state index contributed by atoms with van der Waals surface area (Å²) in [7, 11) is 18.9. The number of hydrogen-bond acceptors (Lipinski definition) is 0. The van der Waals surface area contributed by atoms with Crippen molar-refractivity contribution >= 4 is 29.0 Å². The van der Waals surface area contributed by atoms with Gasteiger partial charge in [0.15, 0.2) is 0 Å². The second-order valence-electron chi connectivity index (χ2n) is 8.93. The molecule has 0 aliphatic heterocycles. The number of benzene rings is 1. The Morgan fingerprint density at radius 2 is 1.41 bits per heavy atom. The Balaban J connectivity index is 3.70. The van der Waals surface area contributed by atoms with E-state index in [0.717, 1.165) is 31.7 Å². The zero-order chi connectivity index (χ0) is 21.3. The molecule has 6 heteroatoms. The Bertz CT molecular complexity index is 647. The molecule has 144 valence electrons. The predicted octanol–water partition coefficient (Wildman–Crippen LogP) is 5.28. The van der Waals surface area contributed by atoms with E-state index in [1.54, 1.807) is 0 Å². The number of halogens is 3. The molecule has 0 saturated heterocycles. The largest absolute Gasteiger partial charge is 0.415 e. The second-order valence-corrected chi connectivity index (χ2v) is 8.93. The van der Waals surface area contributed by atoms with E-state index in [2.05, 4.69) is 6.92 Å². The minimum atomic E-state index is -4.52. The fourth-order valence-electron chi connectivity index (χ4n) is 3.37. The van der Waals surface area contributed by atoms with Crippen molar-refractivity contribution in [3.63, 3.8) is 0 Å². The van der Waals surface area contributed by atoms with Crippen molar-refractivity contribution in [3.8, 4) is 0 Å². The fourth-order valence-corrected chi connectivity index (χ4v) is 3.37. The van der Waals surface area contributed by atoms with Gasteiger partial charge in [0.25, 0.3) is 0 Å². The maximum atomic E-state index is 13.5. The summed E-state index contributed by atoms with van der Waals surface area (Å²) in [6.45, 7) is 11.8. The SMILES string of the molecule is [B]c1cc(C([B])([B])C(C)(C)CC)c(C(C)(C)CCCCC)cc1C(F)(F)F. The van der Waals surface area contributed by atoms with Crippen molar-refractivity contribution in [2.75, 3.05) is 0 Å². The Morgan fingerprint density at radius 1 is 0.852 bits per heavy atom. The first kappa shape index (κ1) is 24.2. The smallest absolute Gasteiger partial charge is 0.166 e. The molecule has 27 heavy (non-hydrogen) atoms. The number of hydrogen-bond donors (Lipinski definition) is 0. The molecule has 0 atom stereocenters. The summed E-state index contributed by atoms with van der Waals surface area (Å²) >= 11 is 0. The molecule has 0 fully saturated rings. The maximum Gasteiger partial charge on any atom is 0.415 e. The third-order valence-corrected chi connectivity index (χ3v) is 6.08. The van der Waals surface area contributed by atoms with Gasteiger partial charge in [-0.3, -0.25) is 0 Å². The summed E-state index contributed by atoms with van der Waals surface area (Å²) in [4.78, 5) is 0.